The fraction of sp³-hybridized carbons (Fsp3) is 0.533. The fourth-order valence-electron chi connectivity index (χ4n) is 1.79. The number of carbonyl (C=O) groups is 1. The largest absolute Gasteiger partial charge is 0.325 e. The van der Waals surface area contributed by atoms with Crippen LogP contribution in [0.3, 0.4) is 0 Å². The van der Waals surface area contributed by atoms with Gasteiger partial charge >= 0.3 is 0 Å². The Labute approximate surface area is 120 Å². The molecule has 0 fully saturated rings. The van der Waals surface area contributed by atoms with Crippen LogP contribution in [-0.4, -0.2) is 19.0 Å². The molecule has 0 saturated carbocycles. The maximum absolute atomic E-state index is 11.6. The predicted molar refractivity (Wildman–Crippen MR) is 81.7 cm³/mol. The third kappa shape index (κ3) is 7.85. The zero-order valence-electron chi connectivity index (χ0n) is 11.5. The van der Waals surface area contributed by atoms with Gasteiger partial charge < -0.3 is 10.6 Å². The number of carbonyl (C=O) groups excluding carboxylic acids is 1. The standard InChI is InChI=1S/C15H23ClN2O/c1-2-3-4-5-6-11-17-12-15(19)18-14-9-7-13(16)8-10-14/h7-10,17H,2-6,11-12H2,1H3,(H,18,19). The Morgan fingerprint density at radius 1 is 1.11 bits per heavy atom. The van der Waals surface area contributed by atoms with Crippen LogP contribution < -0.4 is 10.6 Å². The van der Waals surface area contributed by atoms with Gasteiger partial charge in [-0.1, -0.05) is 44.2 Å². The molecule has 0 heterocycles. The highest BCUT2D eigenvalue weighted by Gasteiger charge is 2.01. The zero-order chi connectivity index (χ0) is 13.9. The van der Waals surface area contributed by atoms with E-state index in [-0.39, 0.29) is 5.91 Å². The summed E-state index contributed by atoms with van der Waals surface area (Å²) in [4.78, 5) is 11.6. The lowest BCUT2D eigenvalue weighted by atomic mass is 10.1. The van der Waals surface area contributed by atoms with E-state index in [0.717, 1.165) is 18.7 Å². The Morgan fingerprint density at radius 2 is 1.79 bits per heavy atom. The molecule has 0 aliphatic heterocycles. The minimum atomic E-state index is -0.0177. The van der Waals surface area contributed by atoms with Gasteiger partial charge in [-0.2, -0.15) is 0 Å². The van der Waals surface area contributed by atoms with Crippen LogP contribution in [0, 0.1) is 0 Å². The molecular formula is C15H23ClN2O. The average molecular weight is 283 g/mol. The molecule has 0 saturated heterocycles. The molecule has 0 aromatic heterocycles. The number of hydrogen-bond acceptors (Lipinski definition) is 2. The molecule has 3 nitrogen and oxygen atoms in total. The van der Waals surface area contributed by atoms with Crippen LogP contribution in [0.4, 0.5) is 5.69 Å². The quantitative estimate of drug-likeness (QED) is 0.676. The lowest BCUT2D eigenvalue weighted by Crippen LogP contribution is -2.28. The smallest absolute Gasteiger partial charge is 0.238 e. The number of halogens is 1. The van der Waals surface area contributed by atoms with E-state index in [1.807, 2.05) is 0 Å². The van der Waals surface area contributed by atoms with Gasteiger partial charge in [0.1, 0.15) is 0 Å². The Balaban J connectivity index is 2.06. The predicted octanol–water partition coefficient (Wildman–Crippen LogP) is 3.84. The number of amides is 1. The second-order valence-electron chi connectivity index (χ2n) is 4.65. The van der Waals surface area contributed by atoms with Crippen LogP contribution in [0.2, 0.25) is 5.02 Å². The summed E-state index contributed by atoms with van der Waals surface area (Å²) < 4.78 is 0. The van der Waals surface area contributed by atoms with Crippen LogP contribution in [0.15, 0.2) is 24.3 Å². The summed E-state index contributed by atoms with van der Waals surface area (Å²) in [5.74, 6) is -0.0177. The summed E-state index contributed by atoms with van der Waals surface area (Å²) in [6.45, 7) is 3.47. The monoisotopic (exact) mass is 282 g/mol. The number of rotatable bonds is 9. The second kappa shape index (κ2) is 9.82. The number of hydrogen-bond donors (Lipinski definition) is 2. The van der Waals surface area contributed by atoms with Crippen molar-refractivity contribution >= 4 is 23.2 Å². The Morgan fingerprint density at radius 3 is 2.47 bits per heavy atom. The highest BCUT2D eigenvalue weighted by molar-refractivity contribution is 6.30. The third-order valence-electron chi connectivity index (χ3n) is 2.87. The van der Waals surface area contributed by atoms with E-state index < -0.39 is 0 Å². The highest BCUT2D eigenvalue weighted by atomic mass is 35.5. The molecule has 2 N–H and O–H groups in total. The first-order valence-corrected chi connectivity index (χ1v) is 7.36. The van der Waals surface area contributed by atoms with Crippen molar-refractivity contribution in [2.75, 3.05) is 18.4 Å². The molecule has 0 atom stereocenters. The molecule has 0 spiro atoms. The van der Waals surface area contributed by atoms with Crippen molar-refractivity contribution in [2.45, 2.75) is 39.0 Å². The number of unbranched alkanes of at least 4 members (excludes halogenated alkanes) is 4. The number of anilines is 1. The molecular weight excluding hydrogens is 260 g/mol. The van der Waals surface area contributed by atoms with Gasteiger partial charge in [0, 0.05) is 10.7 Å². The molecule has 0 unspecified atom stereocenters. The summed E-state index contributed by atoms with van der Waals surface area (Å²) in [5, 5.41) is 6.65. The molecule has 1 rings (SSSR count). The first-order valence-electron chi connectivity index (χ1n) is 6.98. The van der Waals surface area contributed by atoms with Crippen LogP contribution in [0.1, 0.15) is 39.0 Å². The summed E-state index contributed by atoms with van der Waals surface area (Å²) in [6, 6.07) is 7.12. The molecule has 0 radical (unpaired) electrons. The first kappa shape index (κ1) is 16.0. The van der Waals surface area contributed by atoms with E-state index in [9.17, 15) is 4.79 Å². The summed E-state index contributed by atoms with van der Waals surface area (Å²) in [7, 11) is 0. The Bertz CT molecular complexity index is 365. The van der Waals surface area contributed by atoms with Gasteiger partial charge in [-0.3, -0.25) is 4.79 Å². The molecule has 1 aromatic rings. The lowest BCUT2D eigenvalue weighted by Gasteiger charge is -2.06. The van der Waals surface area contributed by atoms with Crippen molar-refractivity contribution in [3.05, 3.63) is 29.3 Å². The molecule has 0 aliphatic carbocycles. The van der Waals surface area contributed by atoms with Crippen molar-refractivity contribution in [2.24, 2.45) is 0 Å². The Kier molecular flexibility index (Phi) is 8.26. The summed E-state index contributed by atoms with van der Waals surface area (Å²) in [5.41, 5.74) is 0.777. The van der Waals surface area contributed by atoms with Crippen molar-refractivity contribution in [1.82, 2.24) is 5.32 Å². The van der Waals surface area contributed by atoms with E-state index >= 15 is 0 Å². The molecule has 0 aliphatic rings. The van der Waals surface area contributed by atoms with Crippen molar-refractivity contribution < 1.29 is 4.79 Å². The van der Waals surface area contributed by atoms with Gasteiger partial charge in [0.15, 0.2) is 0 Å². The van der Waals surface area contributed by atoms with Crippen LogP contribution >= 0.6 is 11.6 Å². The van der Waals surface area contributed by atoms with Crippen molar-refractivity contribution in [1.29, 1.82) is 0 Å². The van der Waals surface area contributed by atoms with Gasteiger partial charge in [0.2, 0.25) is 5.91 Å². The molecule has 4 heteroatoms. The third-order valence-corrected chi connectivity index (χ3v) is 3.12. The SMILES string of the molecule is CCCCCCCNCC(=O)Nc1ccc(Cl)cc1. The van der Waals surface area contributed by atoms with E-state index in [4.69, 9.17) is 11.6 Å². The zero-order valence-corrected chi connectivity index (χ0v) is 12.3. The molecule has 0 bridgehead atoms. The van der Waals surface area contributed by atoms with E-state index in [0.29, 0.717) is 11.6 Å². The minimum absolute atomic E-state index is 0.0177. The van der Waals surface area contributed by atoms with Gasteiger partial charge in [0.25, 0.3) is 0 Å². The molecule has 1 amide bonds. The topological polar surface area (TPSA) is 41.1 Å². The lowest BCUT2D eigenvalue weighted by molar-refractivity contribution is -0.115. The molecule has 1 aromatic carbocycles. The second-order valence-corrected chi connectivity index (χ2v) is 5.08. The van der Waals surface area contributed by atoms with Gasteiger partial charge in [0.05, 0.1) is 6.54 Å². The summed E-state index contributed by atoms with van der Waals surface area (Å²) >= 11 is 5.78. The highest BCUT2D eigenvalue weighted by Crippen LogP contribution is 2.12. The fourth-order valence-corrected chi connectivity index (χ4v) is 1.92. The molecule has 19 heavy (non-hydrogen) atoms. The maximum atomic E-state index is 11.6. The first-order chi connectivity index (χ1) is 9.22. The van der Waals surface area contributed by atoms with Gasteiger partial charge in [-0.25, -0.2) is 0 Å². The number of nitrogens with one attached hydrogen (secondary N) is 2. The van der Waals surface area contributed by atoms with E-state index in [2.05, 4.69) is 17.6 Å². The van der Waals surface area contributed by atoms with E-state index in [1.54, 1.807) is 24.3 Å². The maximum Gasteiger partial charge on any atom is 0.238 e. The van der Waals surface area contributed by atoms with Crippen molar-refractivity contribution in [3.63, 3.8) is 0 Å². The van der Waals surface area contributed by atoms with Gasteiger partial charge in [-0.15, -0.1) is 0 Å². The normalized spacial score (nSPS) is 10.4. The van der Waals surface area contributed by atoms with Crippen LogP contribution in [0.5, 0.6) is 0 Å². The van der Waals surface area contributed by atoms with Crippen LogP contribution in [0.25, 0.3) is 0 Å². The van der Waals surface area contributed by atoms with Crippen LogP contribution in [-0.2, 0) is 4.79 Å². The number of benzene rings is 1. The van der Waals surface area contributed by atoms with E-state index in [1.165, 1.54) is 25.7 Å². The van der Waals surface area contributed by atoms with Crippen molar-refractivity contribution in [3.8, 4) is 0 Å². The average Bonchev–Trinajstić information content (AvgIpc) is 2.40. The summed E-state index contributed by atoms with van der Waals surface area (Å²) in [6.07, 6.45) is 6.22. The molecule has 106 valence electrons. The Hall–Kier alpha value is -1.06. The minimum Gasteiger partial charge on any atom is -0.325 e. The van der Waals surface area contributed by atoms with Gasteiger partial charge in [-0.05, 0) is 37.2 Å².